The number of carbonyl (C=O) groups excluding carboxylic acids is 1. The molecule has 272 valence electrons. The van der Waals surface area contributed by atoms with E-state index in [9.17, 15) is 9.36 Å². The second-order valence-electron chi connectivity index (χ2n) is 13.0. The van der Waals surface area contributed by atoms with Crippen molar-refractivity contribution in [1.82, 2.24) is 14.9 Å². The van der Waals surface area contributed by atoms with Gasteiger partial charge in [-0.2, -0.15) is 0 Å². The van der Waals surface area contributed by atoms with E-state index in [1.54, 1.807) is 31.1 Å². The summed E-state index contributed by atoms with van der Waals surface area (Å²) in [6.07, 6.45) is 7.29. The molecule has 0 atom stereocenters. The molecule has 0 N–H and O–H groups in total. The first kappa shape index (κ1) is 39.3. The van der Waals surface area contributed by atoms with Gasteiger partial charge in [-0.25, -0.2) is 14.8 Å². The number of amides is 1. The second kappa shape index (κ2) is 18.7. The van der Waals surface area contributed by atoms with Gasteiger partial charge in [-0.15, -0.1) is 0 Å². The van der Waals surface area contributed by atoms with E-state index in [0.29, 0.717) is 43.8 Å². The average molecular weight is 716 g/mol. The molecule has 11 heteroatoms. The van der Waals surface area contributed by atoms with Crippen LogP contribution in [0.2, 0.25) is 0 Å². The second-order valence-corrected chi connectivity index (χ2v) is 15.1. The molecule has 4 aromatic rings. The maximum atomic E-state index is 12.6. The largest absolute Gasteiger partial charge is 0.444 e. The zero-order valence-corrected chi connectivity index (χ0v) is 31.7. The summed E-state index contributed by atoms with van der Waals surface area (Å²) in [5.74, 6) is 2.59. The van der Waals surface area contributed by atoms with Crippen LogP contribution in [0.25, 0.3) is 6.08 Å². The van der Waals surface area contributed by atoms with Crippen LogP contribution in [-0.2, 0) is 24.5 Å². The predicted octanol–water partition coefficient (Wildman–Crippen LogP) is 10.5. The third-order valence-electron chi connectivity index (χ3n) is 7.56. The van der Waals surface area contributed by atoms with Gasteiger partial charge >= 0.3 is 13.7 Å². The van der Waals surface area contributed by atoms with E-state index in [0.717, 1.165) is 40.8 Å². The number of aromatic nitrogens is 2. The Morgan fingerprint density at radius 2 is 1.35 bits per heavy atom. The number of carbonyl (C=O) groups is 1. The molecular weight excluding hydrogens is 665 g/mol. The zero-order chi connectivity index (χ0) is 36.9. The summed E-state index contributed by atoms with van der Waals surface area (Å²) < 4.78 is 40.5. The minimum Gasteiger partial charge on any atom is -0.444 e. The highest BCUT2D eigenvalue weighted by molar-refractivity contribution is 7.53. The van der Waals surface area contributed by atoms with Crippen molar-refractivity contribution < 1.29 is 32.6 Å². The highest BCUT2D eigenvalue weighted by Crippen LogP contribution is 2.51. The molecule has 0 spiro atoms. The molecular formula is C40H50N3O7P. The summed E-state index contributed by atoms with van der Waals surface area (Å²) in [6.45, 7) is 15.3. The molecule has 2 aromatic heterocycles. The van der Waals surface area contributed by atoms with Gasteiger partial charge in [-0.05, 0) is 109 Å². The highest BCUT2D eigenvalue weighted by atomic mass is 31.2. The van der Waals surface area contributed by atoms with Crippen molar-refractivity contribution in [1.29, 1.82) is 0 Å². The molecule has 1 aliphatic heterocycles. The Labute approximate surface area is 302 Å². The smallest absolute Gasteiger partial charge is 0.410 e. The topological polar surface area (TPSA) is 109 Å². The monoisotopic (exact) mass is 715 g/mol. The maximum absolute atomic E-state index is 12.6. The van der Waals surface area contributed by atoms with Crippen molar-refractivity contribution in [3.05, 3.63) is 113 Å². The number of pyridine rings is 2. The third kappa shape index (κ3) is 13.0. The SMILES string of the molecule is CCOP(=O)(Cc1cccc(Oc2ncccc2C)c1)OCC.Cc1cccnc1Oc1cccc(C=C2CCN(C(=O)OC(C)(C)C)CC2)c1. The molecule has 51 heavy (non-hydrogen) atoms. The Morgan fingerprint density at radius 3 is 1.88 bits per heavy atom. The predicted molar refractivity (Wildman–Crippen MR) is 201 cm³/mol. The lowest BCUT2D eigenvalue weighted by Gasteiger charge is -2.31. The van der Waals surface area contributed by atoms with Gasteiger partial charge in [0.2, 0.25) is 11.8 Å². The number of benzene rings is 2. The van der Waals surface area contributed by atoms with Crippen molar-refractivity contribution in [2.24, 2.45) is 0 Å². The van der Waals surface area contributed by atoms with E-state index in [4.69, 9.17) is 23.3 Å². The van der Waals surface area contributed by atoms with Crippen LogP contribution in [0.15, 0.2) is 90.8 Å². The first-order chi connectivity index (χ1) is 24.4. The number of likely N-dealkylation sites (tertiary alicyclic amines) is 1. The fourth-order valence-electron chi connectivity index (χ4n) is 5.18. The maximum Gasteiger partial charge on any atom is 0.410 e. The molecule has 0 radical (unpaired) electrons. The average Bonchev–Trinajstić information content (AvgIpc) is 3.07. The van der Waals surface area contributed by atoms with Crippen LogP contribution in [0, 0.1) is 13.8 Å². The van der Waals surface area contributed by atoms with E-state index in [2.05, 4.69) is 22.1 Å². The summed E-state index contributed by atoms with van der Waals surface area (Å²) in [4.78, 5) is 22.5. The van der Waals surface area contributed by atoms with Gasteiger partial charge in [-0.3, -0.25) is 4.57 Å². The number of hydrogen-bond acceptors (Lipinski definition) is 9. The normalized spacial score (nSPS) is 13.2. The molecule has 10 nitrogen and oxygen atoms in total. The van der Waals surface area contributed by atoms with Gasteiger partial charge in [-0.1, -0.05) is 48.0 Å². The minimum atomic E-state index is -3.12. The Morgan fingerprint density at radius 1 is 0.804 bits per heavy atom. The number of aryl methyl sites for hydroxylation is 2. The fourth-order valence-corrected chi connectivity index (χ4v) is 6.87. The van der Waals surface area contributed by atoms with Gasteiger partial charge in [0.25, 0.3) is 0 Å². The van der Waals surface area contributed by atoms with Crippen molar-refractivity contribution in [2.75, 3.05) is 26.3 Å². The van der Waals surface area contributed by atoms with Crippen LogP contribution in [0.5, 0.6) is 23.3 Å². The summed E-state index contributed by atoms with van der Waals surface area (Å²) in [6, 6.07) is 23.1. The van der Waals surface area contributed by atoms with E-state index < -0.39 is 13.2 Å². The van der Waals surface area contributed by atoms with Crippen molar-refractivity contribution in [2.45, 2.75) is 73.1 Å². The Balaban J connectivity index is 0.000000233. The highest BCUT2D eigenvalue weighted by Gasteiger charge is 2.25. The van der Waals surface area contributed by atoms with Crippen molar-refractivity contribution in [3.63, 3.8) is 0 Å². The lowest BCUT2D eigenvalue weighted by atomic mass is 10.0. The van der Waals surface area contributed by atoms with Crippen LogP contribution in [0.3, 0.4) is 0 Å². The molecule has 0 bridgehead atoms. The van der Waals surface area contributed by atoms with Gasteiger partial charge in [0.15, 0.2) is 0 Å². The quantitative estimate of drug-likeness (QED) is 0.140. The van der Waals surface area contributed by atoms with E-state index in [-0.39, 0.29) is 12.3 Å². The first-order valence-corrected chi connectivity index (χ1v) is 19.0. The molecule has 5 rings (SSSR count). The Bertz CT molecular complexity index is 1800. The van der Waals surface area contributed by atoms with Crippen molar-refractivity contribution in [3.8, 4) is 23.3 Å². The lowest BCUT2D eigenvalue weighted by Crippen LogP contribution is -2.40. The minimum absolute atomic E-state index is 0.215. The van der Waals surface area contributed by atoms with Gasteiger partial charge in [0, 0.05) is 36.6 Å². The van der Waals surface area contributed by atoms with Crippen molar-refractivity contribution >= 4 is 19.8 Å². The lowest BCUT2D eigenvalue weighted by molar-refractivity contribution is 0.0236. The summed E-state index contributed by atoms with van der Waals surface area (Å²) >= 11 is 0. The van der Waals surface area contributed by atoms with Crippen LogP contribution < -0.4 is 9.47 Å². The molecule has 0 unspecified atom stereocenters. The molecule has 2 aromatic carbocycles. The van der Waals surface area contributed by atoms with E-state index in [1.807, 2.05) is 101 Å². The summed E-state index contributed by atoms with van der Waals surface area (Å²) in [7, 11) is -3.12. The summed E-state index contributed by atoms with van der Waals surface area (Å²) in [5.41, 5.74) is 4.74. The number of hydrogen-bond donors (Lipinski definition) is 0. The Kier molecular flexibility index (Phi) is 14.4. The van der Waals surface area contributed by atoms with Gasteiger partial charge in [0.05, 0.1) is 19.4 Å². The van der Waals surface area contributed by atoms with Crippen LogP contribution in [0.4, 0.5) is 4.79 Å². The number of ether oxygens (including phenoxy) is 3. The molecule has 0 saturated carbocycles. The van der Waals surface area contributed by atoms with E-state index in [1.165, 1.54) is 5.57 Å². The number of piperidine rings is 1. The first-order valence-electron chi connectivity index (χ1n) is 17.3. The molecule has 3 heterocycles. The Hall–Kier alpha value is -4.50. The molecule has 1 amide bonds. The number of rotatable bonds is 11. The number of nitrogens with zero attached hydrogens (tertiary/aromatic N) is 3. The van der Waals surface area contributed by atoms with Gasteiger partial charge < -0.3 is 28.2 Å². The standard InChI is InChI=1S/C23H28N2O3.C17H22NO4P/c1-17-7-6-12-24-21(17)27-20-9-5-8-19(16-20)15-18-10-13-25(14-11-18)22(26)28-23(2,3)4;1-4-20-23(19,21-5-2)13-15-9-6-10-16(12-15)22-17-14(3)8-7-11-18-17/h5-9,12,15-16H,10-11,13-14H2,1-4H3;6-12H,4-5,13H2,1-3H3. The third-order valence-corrected chi connectivity index (χ3v) is 9.62. The zero-order valence-electron chi connectivity index (χ0n) is 30.8. The molecule has 1 fully saturated rings. The molecule has 0 aliphatic carbocycles. The van der Waals surface area contributed by atoms with Crippen LogP contribution >= 0.6 is 7.60 Å². The van der Waals surface area contributed by atoms with Gasteiger partial charge in [0.1, 0.15) is 17.1 Å². The van der Waals surface area contributed by atoms with Crippen LogP contribution in [0.1, 0.15) is 69.7 Å². The van der Waals surface area contributed by atoms with Crippen LogP contribution in [-0.4, -0.2) is 52.9 Å². The molecule has 1 aliphatic rings. The molecule has 1 saturated heterocycles. The summed E-state index contributed by atoms with van der Waals surface area (Å²) in [5, 5.41) is 0. The fraction of sp³-hybridized carbons (Fsp3) is 0.375. The van der Waals surface area contributed by atoms with E-state index >= 15 is 0 Å².